The first kappa shape index (κ1) is 19.6. The number of benzene rings is 3. The number of quaternary nitrogens is 1. The Balaban J connectivity index is 1.64. The molecular formula is C23H26N3O2+. The molecule has 0 aliphatic rings. The van der Waals surface area contributed by atoms with Crippen LogP contribution in [0.5, 0.6) is 0 Å². The number of fused-ring (bicyclic) bond motifs is 1. The van der Waals surface area contributed by atoms with Crippen molar-refractivity contribution in [3.63, 3.8) is 0 Å². The van der Waals surface area contributed by atoms with Gasteiger partial charge in [0.05, 0.1) is 0 Å². The first-order valence-corrected chi connectivity index (χ1v) is 9.45. The predicted octanol–water partition coefficient (Wildman–Crippen LogP) is 3.45. The second-order valence-electron chi connectivity index (χ2n) is 7.09. The van der Waals surface area contributed by atoms with Gasteiger partial charge in [0.25, 0.3) is 5.91 Å². The molecule has 3 rings (SSSR count). The van der Waals surface area contributed by atoms with E-state index >= 15 is 0 Å². The number of carbonyl (C=O) groups excluding carboxylic acids is 2. The average molecular weight is 376 g/mol. The van der Waals surface area contributed by atoms with Crippen molar-refractivity contribution in [3.8, 4) is 0 Å². The number of carbonyl (C=O) groups is 2. The van der Waals surface area contributed by atoms with E-state index in [0.29, 0.717) is 11.4 Å². The summed E-state index contributed by atoms with van der Waals surface area (Å²) in [7, 11) is 0. The Morgan fingerprint density at radius 1 is 0.821 bits per heavy atom. The highest BCUT2D eigenvalue weighted by Crippen LogP contribution is 2.22. The molecule has 0 aliphatic heterocycles. The van der Waals surface area contributed by atoms with Crippen LogP contribution in [-0.4, -0.2) is 17.9 Å². The summed E-state index contributed by atoms with van der Waals surface area (Å²) >= 11 is 0. The normalized spacial score (nSPS) is 13.0. The maximum Gasteiger partial charge on any atom is 0.282 e. The molecule has 0 saturated heterocycles. The number of rotatable bonds is 6. The third kappa shape index (κ3) is 4.75. The van der Waals surface area contributed by atoms with Crippen LogP contribution in [-0.2, 0) is 9.59 Å². The Labute approximate surface area is 165 Å². The van der Waals surface area contributed by atoms with Crippen molar-refractivity contribution < 1.29 is 14.9 Å². The standard InChI is InChI=1S/C23H25N3O2/c1-15(21-10-6-8-18-7-4-5-9-22(18)21)24-16(2)23(28)26-20-13-11-19(12-14-20)25-17(3)27/h4-16,24H,1-3H3,(H,25,27)(H,26,28)/p+1/t15-,16-/m0/s1. The number of hydrogen-bond donors (Lipinski definition) is 3. The van der Waals surface area contributed by atoms with E-state index in [2.05, 4.69) is 53.2 Å². The summed E-state index contributed by atoms with van der Waals surface area (Å²) in [5.74, 6) is -0.179. The van der Waals surface area contributed by atoms with Crippen molar-refractivity contribution in [1.29, 1.82) is 0 Å². The molecule has 4 N–H and O–H groups in total. The Bertz CT molecular complexity index is 977. The molecule has 3 aromatic carbocycles. The van der Waals surface area contributed by atoms with Crippen LogP contribution in [0.4, 0.5) is 11.4 Å². The van der Waals surface area contributed by atoms with Gasteiger partial charge in [0.15, 0.2) is 6.04 Å². The number of nitrogens with two attached hydrogens (primary N) is 1. The summed E-state index contributed by atoms with van der Waals surface area (Å²) in [5, 5.41) is 10.1. The third-order valence-corrected chi connectivity index (χ3v) is 4.78. The minimum absolute atomic E-state index is 0.0561. The van der Waals surface area contributed by atoms with Crippen molar-refractivity contribution in [1.82, 2.24) is 0 Å². The van der Waals surface area contributed by atoms with Gasteiger partial charge < -0.3 is 16.0 Å². The van der Waals surface area contributed by atoms with Crippen LogP contribution in [0, 0.1) is 0 Å². The van der Waals surface area contributed by atoms with Crippen LogP contribution in [0.25, 0.3) is 10.8 Å². The summed E-state index contributed by atoms with van der Waals surface area (Å²) in [5.41, 5.74) is 2.63. The lowest BCUT2D eigenvalue weighted by atomic mass is 9.99. The maximum absolute atomic E-state index is 12.6. The molecule has 0 saturated carbocycles. The van der Waals surface area contributed by atoms with E-state index in [1.54, 1.807) is 24.3 Å². The number of hydrogen-bond acceptors (Lipinski definition) is 2. The molecule has 28 heavy (non-hydrogen) atoms. The van der Waals surface area contributed by atoms with Crippen molar-refractivity contribution in [2.75, 3.05) is 10.6 Å². The topological polar surface area (TPSA) is 74.8 Å². The van der Waals surface area contributed by atoms with E-state index in [1.807, 2.05) is 19.1 Å². The van der Waals surface area contributed by atoms with E-state index in [0.717, 1.165) is 0 Å². The minimum atomic E-state index is -0.246. The molecule has 0 aliphatic carbocycles. The minimum Gasteiger partial charge on any atom is -0.330 e. The molecule has 5 heteroatoms. The highest BCUT2D eigenvalue weighted by molar-refractivity contribution is 5.94. The summed E-state index contributed by atoms with van der Waals surface area (Å²) < 4.78 is 0. The number of nitrogens with one attached hydrogen (secondary N) is 2. The van der Waals surface area contributed by atoms with Crippen LogP contribution >= 0.6 is 0 Å². The zero-order chi connectivity index (χ0) is 20.1. The van der Waals surface area contributed by atoms with Gasteiger partial charge in [0.2, 0.25) is 5.91 Å². The van der Waals surface area contributed by atoms with E-state index in [9.17, 15) is 9.59 Å². The fourth-order valence-electron chi connectivity index (χ4n) is 3.37. The average Bonchev–Trinajstić information content (AvgIpc) is 2.68. The zero-order valence-electron chi connectivity index (χ0n) is 16.4. The number of amides is 2. The quantitative estimate of drug-likeness (QED) is 0.616. The first-order valence-electron chi connectivity index (χ1n) is 9.45. The summed E-state index contributed by atoms with van der Waals surface area (Å²) in [6.45, 7) is 5.49. The summed E-state index contributed by atoms with van der Waals surface area (Å²) in [6, 6.07) is 21.6. The monoisotopic (exact) mass is 376 g/mol. The molecule has 0 spiro atoms. The molecule has 144 valence electrons. The van der Waals surface area contributed by atoms with E-state index < -0.39 is 0 Å². The lowest BCUT2D eigenvalue weighted by Crippen LogP contribution is -2.91. The molecule has 0 unspecified atom stereocenters. The second-order valence-corrected chi connectivity index (χ2v) is 7.09. The van der Waals surface area contributed by atoms with Crippen molar-refractivity contribution in [3.05, 3.63) is 72.3 Å². The molecule has 2 amide bonds. The van der Waals surface area contributed by atoms with Gasteiger partial charge >= 0.3 is 0 Å². The first-order chi connectivity index (χ1) is 13.4. The molecule has 3 aromatic rings. The van der Waals surface area contributed by atoms with E-state index in [1.165, 1.54) is 23.3 Å². The van der Waals surface area contributed by atoms with Gasteiger partial charge in [-0.1, -0.05) is 42.5 Å². The lowest BCUT2D eigenvalue weighted by Gasteiger charge is -2.18. The predicted molar refractivity (Wildman–Crippen MR) is 113 cm³/mol. The molecule has 0 radical (unpaired) electrons. The van der Waals surface area contributed by atoms with Crippen molar-refractivity contribution >= 4 is 34.0 Å². The molecule has 0 bridgehead atoms. The lowest BCUT2D eigenvalue weighted by molar-refractivity contribution is -0.709. The van der Waals surface area contributed by atoms with Crippen LogP contribution in [0.3, 0.4) is 0 Å². The van der Waals surface area contributed by atoms with Crippen molar-refractivity contribution in [2.45, 2.75) is 32.9 Å². The van der Waals surface area contributed by atoms with E-state index in [4.69, 9.17) is 0 Å². The fourth-order valence-corrected chi connectivity index (χ4v) is 3.37. The number of anilines is 2. The van der Waals surface area contributed by atoms with E-state index in [-0.39, 0.29) is 23.9 Å². The molecule has 0 aromatic heterocycles. The fraction of sp³-hybridized carbons (Fsp3) is 0.217. The van der Waals surface area contributed by atoms with Gasteiger partial charge in [-0.25, -0.2) is 0 Å². The second kappa shape index (κ2) is 8.67. The van der Waals surface area contributed by atoms with Gasteiger partial charge in [0.1, 0.15) is 6.04 Å². The molecular weight excluding hydrogens is 350 g/mol. The van der Waals surface area contributed by atoms with Crippen molar-refractivity contribution in [2.24, 2.45) is 0 Å². The van der Waals surface area contributed by atoms with Gasteiger partial charge in [-0.2, -0.15) is 0 Å². The Hall–Kier alpha value is -3.18. The molecule has 2 atom stereocenters. The van der Waals surface area contributed by atoms with Gasteiger partial charge in [-0.3, -0.25) is 9.59 Å². The molecule has 0 fully saturated rings. The summed E-state index contributed by atoms with van der Waals surface area (Å²) in [4.78, 5) is 23.7. The summed E-state index contributed by atoms with van der Waals surface area (Å²) in [6.07, 6.45) is 0. The van der Waals surface area contributed by atoms with Crippen LogP contribution in [0.15, 0.2) is 66.7 Å². The van der Waals surface area contributed by atoms with Crippen LogP contribution in [0.2, 0.25) is 0 Å². The third-order valence-electron chi connectivity index (χ3n) is 4.78. The van der Waals surface area contributed by atoms with Crippen LogP contribution in [0.1, 0.15) is 32.4 Å². The maximum atomic E-state index is 12.6. The Kier molecular flexibility index (Phi) is 6.06. The molecule has 0 heterocycles. The van der Waals surface area contributed by atoms with Crippen LogP contribution < -0.4 is 16.0 Å². The molecule has 5 nitrogen and oxygen atoms in total. The highest BCUT2D eigenvalue weighted by atomic mass is 16.2. The smallest absolute Gasteiger partial charge is 0.282 e. The van der Waals surface area contributed by atoms with Gasteiger partial charge in [-0.05, 0) is 48.9 Å². The Morgan fingerprint density at radius 2 is 1.43 bits per heavy atom. The van der Waals surface area contributed by atoms with Gasteiger partial charge in [0, 0.05) is 23.9 Å². The largest absolute Gasteiger partial charge is 0.330 e. The van der Waals surface area contributed by atoms with Gasteiger partial charge in [-0.15, -0.1) is 0 Å². The SMILES string of the molecule is CC(=O)Nc1ccc(NC(=O)[C@H](C)[NH2+][C@@H](C)c2cccc3ccccc23)cc1. The highest BCUT2D eigenvalue weighted by Gasteiger charge is 2.21. The zero-order valence-corrected chi connectivity index (χ0v) is 16.4. The Morgan fingerprint density at radius 3 is 2.11 bits per heavy atom.